The lowest BCUT2D eigenvalue weighted by molar-refractivity contribution is -0.189. The Bertz CT molecular complexity index is 509. The van der Waals surface area contributed by atoms with Crippen molar-refractivity contribution in [3.8, 4) is 0 Å². The normalized spacial score (nSPS) is 33.6. The zero-order chi connectivity index (χ0) is 12.6. The largest absolute Gasteiger partial charge is 0.388 e. The molecule has 0 unspecified atom stereocenters. The molecule has 17 heavy (non-hydrogen) atoms. The number of aromatic nitrogens is 2. The first-order valence-corrected chi connectivity index (χ1v) is 4.98. The number of hydrogen-bond donors (Lipinski definition) is 5. The zero-order valence-electron chi connectivity index (χ0n) is 8.66. The predicted molar refractivity (Wildman–Crippen MR) is 54.4 cm³/mol. The number of rotatable bonds is 1. The summed E-state index contributed by atoms with van der Waals surface area (Å²) < 4.78 is 5.08. The van der Waals surface area contributed by atoms with E-state index in [1.54, 1.807) is 0 Å². The van der Waals surface area contributed by atoms with Crippen LogP contribution >= 0.6 is 0 Å². The lowest BCUT2D eigenvalue weighted by Gasteiger charge is -2.34. The van der Waals surface area contributed by atoms with Gasteiger partial charge < -0.3 is 25.0 Å². The Morgan fingerprint density at radius 1 is 1.24 bits per heavy atom. The first kappa shape index (κ1) is 12.0. The number of nitrogens with one attached hydrogen (secondary N) is 2. The highest BCUT2D eigenvalue weighted by molar-refractivity contribution is 5.12. The first-order chi connectivity index (χ1) is 8.00. The summed E-state index contributed by atoms with van der Waals surface area (Å²) in [6, 6.07) is 0. The fraction of sp³-hybridized carbons (Fsp3) is 0.556. The number of aliphatic hydroxyl groups is 3. The summed E-state index contributed by atoms with van der Waals surface area (Å²) in [6.45, 7) is -0.207. The quantitative estimate of drug-likeness (QED) is 0.362. The van der Waals surface area contributed by atoms with Crippen LogP contribution in [0.4, 0.5) is 0 Å². The Balaban J connectivity index is 2.34. The van der Waals surface area contributed by atoms with Gasteiger partial charge in [-0.3, -0.25) is 9.78 Å². The molecule has 0 saturated carbocycles. The molecule has 0 radical (unpaired) electrons. The van der Waals surface area contributed by atoms with Gasteiger partial charge in [0.1, 0.15) is 24.4 Å². The van der Waals surface area contributed by atoms with Crippen LogP contribution in [-0.2, 0) is 4.74 Å². The molecule has 1 aliphatic heterocycles. The molecule has 1 aromatic rings. The molecule has 1 aliphatic rings. The number of ether oxygens (including phenoxy) is 1. The Morgan fingerprint density at radius 3 is 2.59 bits per heavy atom. The van der Waals surface area contributed by atoms with E-state index in [0.717, 1.165) is 6.20 Å². The van der Waals surface area contributed by atoms with Crippen molar-refractivity contribution < 1.29 is 20.1 Å². The van der Waals surface area contributed by atoms with Crippen molar-refractivity contribution in [1.29, 1.82) is 0 Å². The van der Waals surface area contributed by atoms with E-state index in [4.69, 9.17) is 4.74 Å². The van der Waals surface area contributed by atoms with Gasteiger partial charge in [-0.25, -0.2) is 4.79 Å². The van der Waals surface area contributed by atoms with E-state index in [2.05, 4.69) is 4.98 Å². The van der Waals surface area contributed by atoms with Gasteiger partial charge in [-0.2, -0.15) is 0 Å². The summed E-state index contributed by atoms with van der Waals surface area (Å²) in [5, 5.41) is 28.4. The smallest absolute Gasteiger partial charge is 0.325 e. The van der Waals surface area contributed by atoms with Gasteiger partial charge in [0, 0.05) is 6.20 Å². The second-order valence-corrected chi connectivity index (χ2v) is 3.83. The highest BCUT2D eigenvalue weighted by Gasteiger charge is 2.39. The van der Waals surface area contributed by atoms with Crippen LogP contribution in [0.25, 0.3) is 0 Å². The Kier molecular flexibility index (Phi) is 3.11. The van der Waals surface area contributed by atoms with Crippen LogP contribution in [0.1, 0.15) is 11.7 Å². The maximum absolute atomic E-state index is 11.5. The fourth-order valence-electron chi connectivity index (χ4n) is 1.71. The molecule has 2 rings (SSSR count). The SMILES string of the molecule is O=c1[nH]cc([C@H]2OC[C@@H](O)[C@@H](O)[C@@H]2O)c(=O)[nH]1. The van der Waals surface area contributed by atoms with E-state index in [1.807, 2.05) is 4.98 Å². The van der Waals surface area contributed by atoms with Crippen molar-refractivity contribution in [1.82, 2.24) is 9.97 Å². The third kappa shape index (κ3) is 2.15. The third-order valence-corrected chi connectivity index (χ3v) is 2.66. The van der Waals surface area contributed by atoms with Crippen LogP contribution in [0.3, 0.4) is 0 Å². The standard InChI is InChI=1S/C9H12N2O6/c12-4-2-17-7(6(14)5(4)13)3-1-10-9(16)11-8(3)15/h1,4-7,12-14H,2H2,(H2,10,11,15,16)/t4-,5-,6+,7-/m1/s1. The minimum Gasteiger partial charge on any atom is -0.388 e. The van der Waals surface area contributed by atoms with Gasteiger partial charge in [0.05, 0.1) is 12.2 Å². The van der Waals surface area contributed by atoms with E-state index >= 15 is 0 Å². The summed E-state index contributed by atoms with van der Waals surface area (Å²) in [5.74, 6) is 0. The first-order valence-electron chi connectivity index (χ1n) is 4.98. The lowest BCUT2D eigenvalue weighted by atomic mass is 9.96. The molecule has 0 bridgehead atoms. The minimum atomic E-state index is -1.44. The molecule has 1 aromatic heterocycles. The number of aromatic amines is 2. The van der Waals surface area contributed by atoms with Crippen molar-refractivity contribution in [3.63, 3.8) is 0 Å². The molecule has 94 valence electrons. The molecule has 0 aromatic carbocycles. The van der Waals surface area contributed by atoms with Gasteiger partial charge >= 0.3 is 5.69 Å². The van der Waals surface area contributed by atoms with Crippen LogP contribution in [0.15, 0.2) is 15.8 Å². The van der Waals surface area contributed by atoms with Crippen LogP contribution in [-0.4, -0.2) is 50.2 Å². The maximum Gasteiger partial charge on any atom is 0.325 e. The van der Waals surface area contributed by atoms with Gasteiger partial charge in [0.2, 0.25) is 0 Å². The Hall–Kier alpha value is -1.48. The fourth-order valence-corrected chi connectivity index (χ4v) is 1.71. The van der Waals surface area contributed by atoms with Gasteiger partial charge in [0.25, 0.3) is 5.56 Å². The van der Waals surface area contributed by atoms with Gasteiger partial charge in [-0.1, -0.05) is 0 Å². The molecule has 1 fully saturated rings. The number of hydrogen-bond acceptors (Lipinski definition) is 6. The van der Waals surface area contributed by atoms with Crippen molar-refractivity contribution in [2.24, 2.45) is 0 Å². The average molecular weight is 244 g/mol. The van der Waals surface area contributed by atoms with Crippen molar-refractivity contribution in [2.45, 2.75) is 24.4 Å². The maximum atomic E-state index is 11.5. The van der Waals surface area contributed by atoms with Crippen molar-refractivity contribution >= 4 is 0 Å². The summed E-state index contributed by atoms with van der Waals surface area (Å²) in [4.78, 5) is 26.5. The second-order valence-electron chi connectivity index (χ2n) is 3.83. The zero-order valence-corrected chi connectivity index (χ0v) is 8.66. The van der Waals surface area contributed by atoms with E-state index in [1.165, 1.54) is 0 Å². The molecule has 0 aliphatic carbocycles. The Labute approximate surface area is 94.5 Å². The third-order valence-electron chi connectivity index (χ3n) is 2.66. The topological polar surface area (TPSA) is 136 Å². The summed E-state index contributed by atoms with van der Waals surface area (Å²) >= 11 is 0. The molecular formula is C9H12N2O6. The molecule has 8 heteroatoms. The molecule has 5 N–H and O–H groups in total. The molecule has 1 saturated heterocycles. The van der Waals surface area contributed by atoms with E-state index < -0.39 is 35.7 Å². The number of H-pyrrole nitrogens is 2. The molecular weight excluding hydrogens is 232 g/mol. The van der Waals surface area contributed by atoms with Gasteiger partial charge in [-0.05, 0) is 0 Å². The van der Waals surface area contributed by atoms with E-state index in [-0.39, 0.29) is 12.2 Å². The van der Waals surface area contributed by atoms with Gasteiger partial charge in [0.15, 0.2) is 0 Å². The lowest BCUT2D eigenvalue weighted by Crippen LogP contribution is -2.50. The highest BCUT2D eigenvalue weighted by Crippen LogP contribution is 2.26. The summed E-state index contributed by atoms with van der Waals surface area (Å²) in [7, 11) is 0. The molecule has 0 amide bonds. The molecule has 0 spiro atoms. The summed E-state index contributed by atoms with van der Waals surface area (Å²) in [6.07, 6.45) is -4.03. The molecule has 2 heterocycles. The van der Waals surface area contributed by atoms with Crippen molar-refractivity contribution in [3.05, 3.63) is 32.6 Å². The molecule has 8 nitrogen and oxygen atoms in total. The predicted octanol–water partition coefficient (Wildman–Crippen LogP) is -2.78. The van der Waals surface area contributed by atoms with Crippen LogP contribution < -0.4 is 11.2 Å². The van der Waals surface area contributed by atoms with Crippen LogP contribution in [0.5, 0.6) is 0 Å². The van der Waals surface area contributed by atoms with Crippen LogP contribution in [0, 0.1) is 0 Å². The molecule has 4 atom stereocenters. The van der Waals surface area contributed by atoms with E-state index in [9.17, 15) is 24.9 Å². The monoisotopic (exact) mass is 244 g/mol. The van der Waals surface area contributed by atoms with Crippen molar-refractivity contribution in [2.75, 3.05) is 6.61 Å². The summed E-state index contributed by atoms with van der Waals surface area (Å²) in [5.41, 5.74) is -1.39. The average Bonchev–Trinajstić information content (AvgIpc) is 2.28. The second kappa shape index (κ2) is 4.41. The number of aliphatic hydroxyl groups excluding tert-OH is 3. The minimum absolute atomic E-state index is 0.0111. The highest BCUT2D eigenvalue weighted by atomic mass is 16.5. The van der Waals surface area contributed by atoms with Gasteiger partial charge in [-0.15, -0.1) is 0 Å². The van der Waals surface area contributed by atoms with E-state index in [0.29, 0.717) is 0 Å². The Morgan fingerprint density at radius 2 is 1.94 bits per heavy atom. The van der Waals surface area contributed by atoms with Crippen LogP contribution in [0.2, 0.25) is 0 Å².